The fourth-order valence-corrected chi connectivity index (χ4v) is 3.45. The lowest BCUT2D eigenvalue weighted by molar-refractivity contribution is -0.130. The summed E-state index contributed by atoms with van der Waals surface area (Å²) in [7, 11) is 1.80. The van der Waals surface area contributed by atoms with Gasteiger partial charge in [0.25, 0.3) is 5.91 Å². The molecular formula is C21H24ClN3O2. The van der Waals surface area contributed by atoms with Crippen molar-refractivity contribution < 1.29 is 9.59 Å². The van der Waals surface area contributed by atoms with Crippen LogP contribution in [-0.4, -0.2) is 36.9 Å². The molecule has 0 aromatic heterocycles. The van der Waals surface area contributed by atoms with Crippen LogP contribution in [0.3, 0.4) is 0 Å². The Morgan fingerprint density at radius 2 is 1.70 bits per heavy atom. The highest BCUT2D eigenvalue weighted by atomic mass is 35.5. The maximum Gasteiger partial charge on any atom is 0.257 e. The maximum absolute atomic E-state index is 12.4. The molecule has 142 valence electrons. The summed E-state index contributed by atoms with van der Waals surface area (Å²) in [6.07, 6.45) is 3.46. The quantitative estimate of drug-likeness (QED) is 0.783. The molecule has 1 saturated heterocycles. The van der Waals surface area contributed by atoms with E-state index in [2.05, 4.69) is 10.6 Å². The van der Waals surface area contributed by atoms with E-state index in [0.717, 1.165) is 37.2 Å². The number of nitrogens with zero attached hydrogens (tertiary/aromatic N) is 1. The summed E-state index contributed by atoms with van der Waals surface area (Å²) >= 11 is 6.18. The topological polar surface area (TPSA) is 61.4 Å². The second kappa shape index (κ2) is 8.91. The van der Waals surface area contributed by atoms with Gasteiger partial charge in [0.1, 0.15) is 0 Å². The summed E-state index contributed by atoms with van der Waals surface area (Å²) in [5.41, 5.74) is 3.06. The Labute approximate surface area is 164 Å². The van der Waals surface area contributed by atoms with Crippen LogP contribution in [0.1, 0.15) is 35.2 Å². The molecule has 1 fully saturated rings. The van der Waals surface area contributed by atoms with E-state index in [-0.39, 0.29) is 11.8 Å². The molecule has 0 radical (unpaired) electrons. The van der Waals surface area contributed by atoms with Crippen LogP contribution in [0.5, 0.6) is 0 Å². The van der Waals surface area contributed by atoms with Crippen LogP contribution < -0.4 is 10.6 Å². The lowest BCUT2D eigenvalue weighted by atomic mass is 10.1. The molecule has 1 aliphatic rings. The van der Waals surface area contributed by atoms with Crippen LogP contribution in [0.4, 0.5) is 11.4 Å². The summed E-state index contributed by atoms with van der Waals surface area (Å²) in [6, 6.07) is 12.8. The fourth-order valence-electron chi connectivity index (χ4n) is 3.18. The molecule has 5 nitrogen and oxygen atoms in total. The number of hydrogen-bond donors (Lipinski definition) is 2. The summed E-state index contributed by atoms with van der Waals surface area (Å²) in [5, 5.41) is 6.24. The zero-order valence-electron chi connectivity index (χ0n) is 15.4. The zero-order valence-corrected chi connectivity index (χ0v) is 16.2. The number of benzene rings is 2. The minimum atomic E-state index is -0.250. The Kier molecular flexibility index (Phi) is 6.35. The molecule has 3 rings (SSSR count). The Balaban J connectivity index is 1.55. The molecule has 6 heteroatoms. The van der Waals surface area contributed by atoms with Crippen molar-refractivity contribution >= 4 is 34.8 Å². The van der Waals surface area contributed by atoms with Gasteiger partial charge >= 0.3 is 0 Å². The molecule has 27 heavy (non-hydrogen) atoms. The van der Waals surface area contributed by atoms with Gasteiger partial charge in [-0.15, -0.1) is 0 Å². The molecule has 0 unspecified atom stereocenters. The molecule has 0 saturated carbocycles. The minimum Gasteiger partial charge on any atom is -0.388 e. The zero-order chi connectivity index (χ0) is 19.2. The SMILES string of the molecule is CNc1ccc(C(=O)Nc2ccc(CCC(=O)N3CCCC3)cc2)c(Cl)c1. The van der Waals surface area contributed by atoms with Crippen molar-refractivity contribution in [2.45, 2.75) is 25.7 Å². The fraction of sp³-hybridized carbons (Fsp3) is 0.333. The molecule has 2 aromatic rings. The first-order valence-corrected chi connectivity index (χ1v) is 9.60. The molecule has 2 aromatic carbocycles. The van der Waals surface area contributed by atoms with Gasteiger partial charge < -0.3 is 15.5 Å². The molecule has 0 aliphatic carbocycles. The van der Waals surface area contributed by atoms with E-state index in [1.165, 1.54) is 0 Å². The van der Waals surface area contributed by atoms with Crippen LogP contribution in [0.15, 0.2) is 42.5 Å². The first-order valence-electron chi connectivity index (χ1n) is 9.22. The van der Waals surface area contributed by atoms with Gasteiger partial charge in [-0.25, -0.2) is 0 Å². The Hall–Kier alpha value is -2.53. The Bertz CT molecular complexity index is 815. The maximum atomic E-state index is 12.4. The molecule has 0 spiro atoms. The first kappa shape index (κ1) is 19.2. The van der Waals surface area contributed by atoms with Gasteiger partial charge in [0.15, 0.2) is 0 Å². The molecule has 2 N–H and O–H groups in total. The number of likely N-dealkylation sites (tertiary alicyclic amines) is 1. The number of anilines is 2. The number of rotatable bonds is 6. The van der Waals surface area contributed by atoms with Crippen molar-refractivity contribution in [2.24, 2.45) is 0 Å². The number of nitrogens with one attached hydrogen (secondary N) is 2. The molecule has 0 atom stereocenters. The average molecular weight is 386 g/mol. The van der Waals surface area contributed by atoms with Crippen LogP contribution in [0.2, 0.25) is 5.02 Å². The number of amides is 2. The van der Waals surface area contributed by atoms with Crippen LogP contribution in [-0.2, 0) is 11.2 Å². The molecule has 2 amide bonds. The van der Waals surface area contributed by atoms with E-state index in [0.29, 0.717) is 29.1 Å². The number of carbonyl (C=O) groups excluding carboxylic acids is 2. The highest BCUT2D eigenvalue weighted by Gasteiger charge is 2.17. The van der Waals surface area contributed by atoms with Crippen LogP contribution in [0.25, 0.3) is 0 Å². The van der Waals surface area contributed by atoms with Gasteiger partial charge in [-0.05, 0) is 55.2 Å². The van der Waals surface area contributed by atoms with E-state index in [9.17, 15) is 9.59 Å². The van der Waals surface area contributed by atoms with E-state index in [1.54, 1.807) is 25.2 Å². The third-order valence-electron chi connectivity index (χ3n) is 4.80. The lowest BCUT2D eigenvalue weighted by Gasteiger charge is -2.15. The predicted molar refractivity (Wildman–Crippen MR) is 110 cm³/mol. The van der Waals surface area contributed by atoms with Gasteiger partial charge in [-0.3, -0.25) is 9.59 Å². The Morgan fingerprint density at radius 3 is 2.33 bits per heavy atom. The van der Waals surface area contributed by atoms with Crippen molar-refractivity contribution in [1.82, 2.24) is 4.90 Å². The molecule has 0 bridgehead atoms. The average Bonchev–Trinajstić information content (AvgIpc) is 3.22. The predicted octanol–water partition coefficient (Wildman–Crippen LogP) is 4.19. The monoisotopic (exact) mass is 385 g/mol. The van der Waals surface area contributed by atoms with Crippen LogP contribution >= 0.6 is 11.6 Å². The van der Waals surface area contributed by atoms with Crippen molar-refractivity contribution in [3.63, 3.8) is 0 Å². The van der Waals surface area contributed by atoms with E-state index < -0.39 is 0 Å². The first-order chi connectivity index (χ1) is 13.1. The number of aryl methyl sites for hydroxylation is 1. The number of halogens is 1. The summed E-state index contributed by atoms with van der Waals surface area (Å²) in [6.45, 7) is 1.78. The normalized spacial score (nSPS) is 13.5. The lowest BCUT2D eigenvalue weighted by Crippen LogP contribution is -2.27. The second-order valence-corrected chi connectivity index (χ2v) is 7.09. The highest BCUT2D eigenvalue weighted by Crippen LogP contribution is 2.22. The third-order valence-corrected chi connectivity index (χ3v) is 5.11. The Morgan fingerprint density at radius 1 is 1.04 bits per heavy atom. The number of hydrogen-bond acceptors (Lipinski definition) is 3. The van der Waals surface area contributed by atoms with Gasteiger partial charge in [0.2, 0.25) is 5.91 Å². The van der Waals surface area contributed by atoms with E-state index in [1.807, 2.05) is 29.2 Å². The summed E-state index contributed by atoms with van der Waals surface area (Å²) in [4.78, 5) is 26.5. The van der Waals surface area contributed by atoms with E-state index in [4.69, 9.17) is 11.6 Å². The standard InChI is InChI=1S/C21H24ClN3O2/c1-23-17-9-10-18(19(22)14-17)21(27)24-16-7-4-15(5-8-16)6-11-20(26)25-12-2-3-13-25/h4-5,7-10,14,23H,2-3,6,11-13H2,1H3,(H,24,27). The largest absolute Gasteiger partial charge is 0.388 e. The highest BCUT2D eigenvalue weighted by molar-refractivity contribution is 6.34. The van der Waals surface area contributed by atoms with Crippen molar-refractivity contribution in [3.8, 4) is 0 Å². The van der Waals surface area contributed by atoms with Crippen LogP contribution in [0, 0.1) is 0 Å². The summed E-state index contributed by atoms with van der Waals surface area (Å²) < 4.78 is 0. The third kappa shape index (κ3) is 5.01. The van der Waals surface area contributed by atoms with Gasteiger partial charge in [-0.1, -0.05) is 23.7 Å². The smallest absolute Gasteiger partial charge is 0.257 e. The van der Waals surface area contributed by atoms with E-state index >= 15 is 0 Å². The second-order valence-electron chi connectivity index (χ2n) is 6.68. The molecule has 1 aliphatic heterocycles. The molecule has 1 heterocycles. The van der Waals surface area contributed by atoms with Gasteiger partial charge in [0.05, 0.1) is 10.6 Å². The molecular weight excluding hydrogens is 362 g/mol. The van der Waals surface area contributed by atoms with Gasteiger partial charge in [-0.2, -0.15) is 0 Å². The minimum absolute atomic E-state index is 0.226. The number of carbonyl (C=O) groups is 2. The van der Waals surface area contributed by atoms with Crippen molar-refractivity contribution in [1.29, 1.82) is 0 Å². The van der Waals surface area contributed by atoms with Crippen molar-refractivity contribution in [2.75, 3.05) is 30.8 Å². The van der Waals surface area contributed by atoms with Gasteiger partial charge in [0, 0.05) is 37.9 Å². The van der Waals surface area contributed by atoms with Crippen molar-refractivity contribution in [3.05, 3.63) is 58.6 Å². The summed E-state index contributed by atoms with van der Waals surface area (Å²) in [5.74, 6) is -0.0239.